The number of rotatable bonds is 6. The van der Waals surface area contributed by atoms with E-state index in [4.69, 9.17) is 4.74 Å². The average molecular weight is 344 g/mol. The summed E-state index contributed by atoms with van der Waals surface area (Å²) in [5.41, 5.74) is 1.92. The van der Waals surface area contributed by atoms with E-state index >= 15 is 0 Å². The summed E-state index contributed by atoms with van der Waals surface area (Å²) >= 11 is 0. The first-order valence-electron chi connectivity index (χ1n) is 7.91. The zero-order valence-electron chi connectivity index (χ0n) is 14.3. The van der Waals surface area contributed by atoms with E-state index in [1.165, 1.54) is 11.5 Å². The van der Waals surface area contributed by atoms with Gasteiger partial charge in [-0.15, -0.1) is 0 Å². The van der Waals surface area contributed by atoms with E-state index in [1.807, 2.05) is 6.92 Å². The number of benzene rings is 1. The molecule has 0 aliphatic heterocycles. The van der Waals surface area contributed by atoms with E-state index in [1.54, 1.807) is 37.4 Å². The lowest BCUT2D eigenvalue weighted by molar-refractivity contribution is -0.114. The molecule has 0 aliphatic rings. The largest absolute Gasteiger partial charge is 0.476 e. The van der Waals surface area contributed by atoms with Crippen molar-refractivity contribution in [2.45, 2.75) is 27.2 Å². The Bertz CT molecular complexity index is 806. The maximum atomic E-state index is 11.7. The quantitative estimate of drug-likeness (QED) is 0.785. The summed E-state index contributed by atoms with van der Waals surface area (Å²) in [5.74, 6) is -1.93. The molecule has 1 aromatic heterocycles. The Kier molecular flexibility index (Phi) is 5.59. The van der Waals surface area contributed by atoms with Crippen molar-refractivity contribution in [3.63, 3.8) is 0 Å². The molecule has 0 bridgehead atoms. The number of nitrogens with one attached hydrogen (secondary N) is 1. The van der Waals surface area contributed by atoms with Gasteiger partial charge < -0.3 is 19.7 Å². The first kappa shape index (κ1) is 18.3. The van der Waals surface area contributed by atoms with E-state index in [2.05, 4.69) is 5.32 Å². The summed E-state index contributed by atoms with van der Waals surface area (Å²) in [6, 6.07) is 6.41. The molecule has 7 nitrogen and oxygen atoms in total. The van der Waals surface area contributed by atoms with Gasteiger partial charge in [0.1, 0.15) is 0 Å². The predicted molar refractivity (Wildman–Crippen MR) is 92.4 cm³/mol. The summed E-state index contributed by atoms with van der Waals surface area (Å²) in [5, 5.41) is 12.2. The van der Waals surface area contributed by atoms with Crippen LogP contribution in [-0.4, -0.2) is 34.1 Å². The van der Waals surface area contributed by atoms with Crippen molar-refractivity contribution < 1.29 is 24.2 Å². The molecule has 0 radical (unpaired) electrons. The zero-order chi connectivity index (χ0) is 18.6. The van der Waals surface area contributed by atoms with Gasteiger partial charge in [0.05, 0.1) is 17.9 Å². The molecule has 0 fully saturated rings. The Hall–Kier alpha value is -3.09. The second-order valence-electron chi connectivity index (χ2n) is 5.36. The van der Waals surface area contributed by atoms with Crippen LogP contribution in [0.1, 0.15) is 47.2 Å². The van der Waals surface area contributed by atoms with Crippen LogP contribution in [0, 0.1) is 0 Å². The number of carbonyl (C=O) groups excluding carboxylic acids is 2. The molecule has 0 saturated carbocycles. The lowest BCUT2D eigenvalue weighted by Gasteiger charge is -2.09. The number of aromatic nitrogens is 1. The normalized spacial score (nSPS) is 10.4. The van der Waals surface area contributed by atoms with Gasteiger partial charge in [0, 0.05) is 18.8 Å². The Balaban J connectivity index is 2.51. The topological polar surface area (TPSA) is 97.6 Å². The van der Waals surface area contributed by atoms with Gasteiger partial charge in [-0.2, -0.15) is 0 Å². The number of ether oxygens (including phenoxy) is 1. The minimum absolute atomic E-state index is 0.0315. The third kappa shape index (κ3) is 3.88. The van der Waals surface area contributed by atoms with Gasteiger partial charge in [-0.3, -0.25) is 4.79 Å². The first-order chi connectivity index (χ1) is 11.9. The van der Waals surface area contributed by atoms with Crippen LogP contribution < -0.4 is 5.32 Å². The molecule has 1 amide bonds. The molecule has 0 aliphatic carbocycles. The molecule has 0 spiro atoms. The van der Waals surface area contributed by atoms with Crippen molar-refractivity contribution in [2.24, 2.45) is 0 Å². The van der Waals surface area contributed by atoms with E-state index in [0.717, 1.165) is 0 Å². The maximum Gasteiger partial charge on any atom is 0.355 e. The number of anilines is 1. The zero-order valence-corrected chi connectivity index (χ0v) is 14.3. The molecule has 1 heterocycles. The number of amides is 1. The molecule has 0 saturated heterocycles. The van der Waals surface area contributed by atoms with Crippen molar-refractivity contribution in [3.05, 3.63) is 47.3 Å². The number of aryl methyl sites for hydroxylation is 1. The summed E-state index contributed by atoms with van der Waals surface area (Å²) < 4.78 is 6.42. The summed E-state index contributed by atoms with van der Waals surface area (Å²) in [6.07, 6.45) is 2.23. The van der Waals surface area contributed by atoms with E-state index < -0.39 is 11.9 Å². The Labute approximate surface area is 145 Å². The highest BCUT2D eigenvalue weighted by Gasteiger charge is 2.22. The monoisotopic (exact) mass is 344 g/mol. The number of esters is 1. The van der Waals surface area contributed by atoms with E-state index in [0.29, 0.717) is 23.2 Å². The van der Waals surface area contributed by atoms with Crippen LogP contribution in [0.5, 0.6) is 0 Å². The highest BCUT2D eigenvalue weighted by atomic mass is 16.5. The van der Waals surface area contributed by atoms with Crippen molar-refractivity contribution in [2.75, 3.05) is 11.9 Å². The highest BCUT2D eigenvalue weighted by molar-refractivity contribution is 6.00. The Morgan fingerprint density at radius 1 is 1.16 bits per heavy atom. The van der Waals surface area contributed by atoms with E-state index in [9.17, 15) is 19.5 Å². The van der Waals surface area contributed by atoms with Crippen LogP contribution >= 0.6 is 0 Å². The summed E-state index contributed by atoms with van der Waals surface area (Å²) in [7, 11) is 0. The fourth-order valence-electron chi connectivity index (χ4n) is 2.53. The summed E-state index contributed by atoms with van der Waals surface area (Å²) in [6.45, 7) is 5.21. The van der Waals surface area contributed by atoms with Gasteiger partial charge in [0.25, 0.3) is 0 Å². The van der Waals surface area contributed by atoms with E-state index in [-0.39, 0.29) is 23.9 Å². The predicted octanol–water partition coefficient (Wildman–Crippen LogP) is 2.87. The number of nitrogens with zero attached hydrogens (tertiary/aromatic N) is 1. The van der Waals surface area contributed by atoms with Crippen molar-refractivity contribution in [3.8, 4) is 5.69 Å². The first-order valence-corrected chi connectivity index (χ1v) is 7.91. The standard InChI is InChI=1S/C18H20N2O5/c1-4-12-10-20(16(17(22)23)15(12)19-11(3)21)14-8-6-13(7-9-14)18(24)25-5-2/h6-10H,4-5H2,1-3H3,(H,19,21)(H,22,23). The number of hydrogen-bond acceptors (Lipinski definition) is 4. The van der Waals surface area contributed by atoms with Gasteiger partial charge in [-0.1, -0.05) is 6.92 Å². The van der Waals surface area contributed by atoms with Gasteiger partial charge in [0.2, 0.25) is 5.91 Å². The third-order valence-corrected chi connectivity index (χ3v) is 3.62. The molecule has 1 aromatic carbocycles. The van der Waals surface area contributed by atoms with Crippen LogP contribution in [0.25, 0.3) is 5.69 Å². The smallest absolute Gasteiger partial charge is 0.355 e. The summed E-state index contributed by atoms with van der Waals surface area (Å²) in [4.78, 5) is 34.9. The number of carboxylic acid groups (broad SMARTS) is 1. The fraction of sp³-hybridized carbons (Fsp3) is 0.278. The van der Waals surface area contributed by atoms with Crippen LogP contribution in [0.2, 0.25) is 0 Å². The van der Waals surface area contributed by atoms with Crippen molar-refractivity contribution in [1.29, 1.82) is 0 Å². The van der Waals surface area contributed by atoms with Crippen LogP contribution in [0.3, 0.4) is 0 Å². The Morgan fingerprint density at radius 2 is 1.80 bits per heavy atom. The number of hydrogen-bond donors (Lipinski definition) is 2. The third-order valence-electron chi connectivity index (χ3n) is 3.62. The lowest BCUT2D eigenvalue weighted by atomic mass is 10.2. The molecule has 2 N–H and O–H groups in total. The molecule has 0 unspecified atom stereocenters. The minimum atomic E-state index is -1.15. The molecule has 132 valence electrons. The van der Waals surface area contributed by atoms with Crippen LogP contribution in [-0.2, 0) is 16.0 Å². The fourth-order valence-corrected chi connectivity index (χ4v) is 2.53. The molecular weight excluding hydrogens is 324 g/mol. The van der Waals surface area contributed by atoms with Crippen molar-refractivity contribution in [1.82, 2.24) is 4.57 Å². The second-order valence-corrected chi connectivity index (χ2v) is 5.36. The maximum absolute atomic E-state index is 11.7. The number of carboxylic acids is 1. The highest BCUT2D eigenvalue weighted by Crippen LogP contribution is 2.28. The van der Waals surface area contributed by atoms with Gasteiger partial charge in [0.15, 0.2) is 5.69 Å². The Morgan fingerprint density at radius 3 is 2.28 bits per heavy atom. The SMILES string of the molecule is CCOC(=O)c1ccc(-n2cc(CC)c(NC(C)=O)c2C(=O)O)cc1. The lowest BCUT2D eigenvalue weighted by Crippen LogP contribution is -2.13. The second kappa shape index (κ2) is 7.65. The number of carbonyl (C=O) groups is 3. The molecule has 2 aromatic rings. The van der Waals surface area contributed by atoms with Gasteiger partial charge in [-0.25, -0.2) is 9.59 Å². The molecule has 2 rings (SSSR count). The van der Waals surface area contributed by atoms with Crippen molar-refractivity contribution >= 4 is 23.5 Å². The van der Waals surface area contributed by atoms with Gasteiger partial charge >= 0.3 is 11.9 Å². The molecule has 7 heteroatoms. The molecular formula is C18H20N2O5. The van der Waals surface area contributed by atoms with Crippen LogP contribution in [0.4, 0.5) is 5.69 Å². The minimum Gasteiger partial charge on any atom is -0.476 e. The van der Waals surface area contributed by atoms with Gasteiger partial charge in [-0.05, 0) is 43.2 Å². The molecule has 0 atom stereocenters. The average Bonchev–Trinajstić information content (AvgIpc) is 2.93. The van der Waals surface area contributed by atoms with Crippen LogP contribution in [0.15, 0.2) is 30.5 Å². The molecule has 25 heavy (non-hydrogen) atoms. The number of aromatic carboxylic acids is 1.